The smallest absolute Gasteiger partial charge is 0.277 e. The van der Waals surface area contributed by atoms with Crippen LogP contribution in [0.25, 0.3) is 0 Å². The van der Waals surface area contributed by atoms with Gasteiger partial charge in [0.2, 0.25) is 11.8 Å². The minimum atomic E-state index is -0.0534. The fraction of sp³-hybridized carbons (Fsp3) is 0.308. The first-order valence-corrected chi connectivity index (χ1v) is 6.87. The van der Waals surface area contributed by atoms with Gasteiger partial charge in [0.25, 0.3) is 5.22 Å². The van der Waals surface area contributed by atoms with Crippen LogP contribution >= 0.6 is 11.8 Å². The van der Waals surface area contributed by atoms with Gasteiger partial charge in [-0.2, -0.15) is 0 Å². The Morgan fingerprint density at radius 2 is 2.21 bits per heavy atom. The third-order valence-electron chi connectivity index (χ3n) is 2.41. The van der Waals surface area contributed by atoms with Crippen LogP contribution in [0.4, 0.5) is 0 Å². The van der Waals surface area contributed by atoms with Crippen molar-refractivity contribution in [3.63, 3.8) is 0 Å². The number of hydrogen-bond acceptors (Lipinski definition) is 5. The van der Waals surface area contributed by atoms with E-state index < -0.39 is 0 Å². The van der Waals surface area contributed by atoms with Gasteiger partial charge in [-0.1, -0.05) is 41.6 Å². The summed E-state index contributed by atoms with van der Waals surface area (Å²) in [5, 5.41) is 10.8. The van der Waals surface area contributed by atoms with E-state index in [4.69, 9.17) is 4.42 Å². The predicted molar refractivity (Wildman–Crippen MR) is 72.8 cm³/mol. The van der Waals surface area contributed by atoms with Crippen LogP contribution in [0.1, 0.15) is 17.0 Å². The van der Waals surface area contributed by atoms with Crippen molar-refractivity contribution in [1.82, 2.24) is 15.5 Å². The van der Waals surface area contributed by atoms with Gasteiger partial charge in [-0.15, -0.1) is 10.2 Å². The van der Waals surface area contributed by atoms with Crippen molar-refractivity contribution in [3.8, 4) is 0 Å². The van der Waals surface area contributed by atoms with Gasteiger partial charge in [0.1, 0.15) is 0 Å². The molecule has 0 unspecified atom stereocenters. The summed E-state index contributed by atoms with van der Waals surface area (Å²) in [6.45, 7) is 4.28. The van der Waals surface area contributed by atoms with E-state index in [-0.39, 0.29) is 11.7 Å². The molecule has 0 bridgehead atoms. The lowest BCUT2D eigenvalue weighted by molar-refractivity contribution is -0.118. The topological polar surface area (TPSA) is 68.0 Å². The van der Waals surface area contributed by atoms with Crippen LogP contribution in [0, 0.1) is 13.8 Å². The molecule has 0 atom stereocenters. The third-order valence-corrected chi connectivity index (χ3v) is 3.22. The molecule has 0 saturated heterocycles. The molecule has 0 radical (unpaired) electrons. The molecule has 6 heteroatoms. The van der Waals surface area contributed by atoms with Crippen LogP contribution in [0.3, 0.4) is 0 Å². The maximum absolute atomic E-state index is 11.7. The van der Waals surface area contributed by atoms with Gasteiger partial charge in [-0.25, -0.2) is 0 Å². The molecule has 1 amide bonds. The fourth-order valence-corrected chi connectivity index (χ4v) is 2.17. The number of aromatic nitrogens is 2. The van der Waals surface area contributed by atoms with Gasteiger partial charge >= 0.3 is 0 Å². The Morgan fingerprint density at radius 1 is 1.37 bits per heavy atom. The number of benzene rings is 1. The molecule has 5 nitrogen and oxygen atoms in total. The maximum Gasteiger partial charge on any atom is 0.277 e. The summed E-state index contributed by atoms with van der Waals surface area (Å²) in [4.78, 5) is 11.7. The van der Waals surface area contributed by atoms with Gasteiger partial charge in [0.15, 0.2) is 0 Å². The van der Waals surface area contributed by atoms with E-state index in [9.17, 15) is 4.79 Å². The van der Waals surface area contributed by atoms with E-state index in [0.29, 0.717) is 17.7 Å². The number of rotatable bonds is 5. The Hall–Kier alpha value is -1.82. The molecule has 2 aromatic rings. The molecule has 1 N–H and O–H groups in total. The average Bonchev–Trinajstić information content (AvgIpc) is 2.80. The first-order chi connectivity index (χ1) is 9.13. The first kappa shape index (κ1) is 13.6. The molecule has 0 aliphatic rings. The van der Waals surface area contributed by atoms with Crippen LogP contribution in [-0.4, -0.2) is 21.9 Å². The van der Waals surface area contributed by atoms with E-state index in [1.807, 2.05) is 25.1 Å². The Kier molecular flexibility index (Phi) is 4.57. The summed E-state index contributed by atoms with van der Waals surface area (Å²) in [6.07, 6.45) is 0. The normalized spacial score (nSPS) is 10.4. The maximum atomic E-state index is 11.7. The van der Waals surface area contributed by atoms with Crippen molar-refractivity contribution >= 4 is 17.7 Å². The Balaban J connectivity index is 1.75. The van der Waals surface area contributed by atoms with Gasteiger partial charge in [0, 0.05) is 13.5 Å². The molecule has 19 heavy (non-hydrogen) atoms. The van der Waals surface area contributed by atoms with Crippen molar-refractivity contribution in [2.45, 2.75) is 25.6 Å². The van der Waals surface area contributed by atoms with E-state index >= 15 is 0 Å². The van der Waals surface area contributed by atoms with Crippen molar-refractivity contribution in [2.24, 2.45) is 0 Å². The predicted octanol–water partition coefficient (Wildman–Crippen LogP) is 2.09. The minimum Gasteiger partial charge on any atom is -0.416 e. The summed E-state index contributed by atoms with van der Waals surface area (Å²) in [5.74, 6) is 0.720. The molecular formula is C13H15N3O2S. The first-order valence-electron chi connectivity index (χ1n) is 5.88. The van der Waals surface area contributed by atoms with E-state index in [2.05, 4.69) is 21.6 Å². The zero-order valence-corrected chi connectivity index (χ0v) is 11.7. The van der Waals surface area contributed by atoms with E-state index in [1.54, 1.807) is 6.92 Å². The van der Waals surface area contributed by atoms with E-state index in [1.165, 1.54) is 17.3 Å². The highest BCUT2D eigenvalue weighted by Crippen LogP contribution is 2.14. The average molecular weight is 277 g/mol. The van der Waals surface area contributed by atoms with Crippen molar-refractivity contribution in [2.75, 3.05) is 5.75 Å². The van der Waals surface area contributed by atoms with Gasteiger partial charge in [-0.3, -0.25) is 4.79 Å². The molecule has 100 valence electrons. The zero-order valence-electron chi connectivity index (χ0n) is 10.8. The van der Waals surface area contributed by atoms with Crippen LogP contribution in [0.15, 0.2) is 33.9 Å². The Bertz CT molecular complexity index is 569. The lowest BCUT2D eigenvalue weighted by atomic mass is 10.1. The van der Waals surface area contributed by atoms with Crippen LogP contribution in [0.2, 0.25) is 0 Å². The molecule has 0 aliphatic heterocycles. The molecule has 1 aromatic carbocycles. The molecular weight excluding hydrogens is 262 g/mol. The molecule has 0 spiro atoms. The fourth-order valence-electron chi connectivity index (χ4n) is 1.54. The lowest BCUT2D eigenvalue weighted by Gasteiger charge is -2.04. The minimum absolute atomic E-state index is 0.0534. The lowest BCUT2D eigenvalue weighted by Crippen LogP contribution is -2.24. The molecule has 0 saturated carbocycles. The SMILES string of the molecule is Cc1cccc(CNC(=O)CSc2nnc(C)o2)c1. The molecule has 2 rings (SSSR count). The second kappa shape index (κ2) is 6.38. The molecule has 1 aromatic heterocycles. The number of aryl methyl sites for hydroxylation is 2. The van der Waals surface area contributed by atoms with Gasteiger partial charge in [0.05, 0.1) is 5.75 Å². The second-order valence-electron chi connectivity index (χ2n) is 4.14. The number of thioether (sulfide) groups is 1. The van der Waals surface area contributed by atoms with Gasteiger partial charge in [-0.05, 0) is 12.5 Å². The van der Waals surface area contributed by atoms with Crippen LogP contribution in [0.5, 0.6) is 0 Å². The standard InChI is InChI=1S/C13H15N3O2S/c1-9-4-3-5-11(6-9)7-14-12(17)8-19-13-16-15-10(2)18-13/h3-6H,7-8H2,1-2H3,(H,14,17). The number of nitrogens with one attached hydrogen (secondary N) is 1. The molecule has 0 aliphatic carbocycles. The summed E-state index contributed by atoms with van der Waals surface area (Å²) in [6, 6.07) is 8.04. The Labute approximate surface area is 115 Å². The number of amides is 1. The highest BCUT2D eigenvalue weighted by atomic mass is 32.2. The summed E-state index contributed by atoms with van der Waals surface area (Å²) >= 11 is 1.24. The van der Waals surface area contributed by atoms with Crippen molar-refractivity contribution in [3.05, 3.63) is 41.3 Å². The number of hydrogen-bond donors (Lipinski definition) is 1. The number of carbonyl (C=O) groups excluding carboxylic acids is 1. The van der Waals surface area contributed by atoms with Crippen molar-refractivity contribution in [1.29, 1.82) is 0 Å². The highest BCUT2D eigenvalue weighted by molar-refractivity contribution is 7.99. The summed E-state index contributed by atoms with van der Waals surface area (Å²) in [5.41, 5.74) is 2.27. The molecule has 1 heterocycles. The number of carbonyl (C=O) groups is 1. The highest BCUT2D eigenvalue weighted by Gasteiger charge is 2.07. The van der Waals surface area contributed by atoms with E-state index in [0.717, 1.165) is 5.56 Å². The van der Waals surface area contributed by atoms with Crippen LogP contribution in [-0.2, 0) is 11.3 Å². The van der Waals surface area contributed by atoms with Gasteiger partial charge < -0.3 is 9.73 Å². The molecule has 0 fully saturated rings. The van der Waals surface area contributed by atoms with Crippen molar-refractivity contribution < 1.29 is 9.21 Å². The monoisotopic (exact) mass is 277 g/mol. The zero-order chi connectivity index (χ0) is 13.7. The second-order valence-corrected chi connectivity index (χ2v) is 5.07. The Morgan fingerprint density at radius 3 is 2.89 bits per heavy atom. The van der Waals surface area contributed by atoms with Crippen LogP contribution < -0.4 is 5.32 Å². The third kappa shape index (κ3) is 4.40. The number of nitrogens with zero attached hydrogens (tertiary/aromatic N) is 2. The quantitative estimate of drug-likeness (QED) is 0.848. The summed E-state index contributed by atoms with van der Waals surface area (Å²) < 4.78 is 5.17. The largest absolute Gasteiger partial charge is 0.416 e. The summed E-state index contributed by atoms with van der Waals surface area (Å²) in [7, 11) is 0.